The lowest BCUT2D eigenvalue weighted by molar-refractivity contribution is -0.137. The van der Waals surface area contributed by atoms with Crippen molar-refractivity contribution in [3.8, 4) is 6.19 Å². The molecular weight excluding hydrogens is 158 g/mol. The van der Waals surface area contributed by atoms with E-state index in [-0.39, 0.29) is 6.54 Å². The lowest BCUT2D eigenvalue weighted by atomic mass is 10.4. The van der Waals surface area contributed by atoms with E-state index in [9.17, 15) is 4.79 Å². The second-order valence-electron chi connectivity index (χ2n) is 2.55. The summed E-state index contributed by atoms with van der Waals surface area (Å²) in [6.45, 7) is 0.632. The Kier molecular flexibility index (Phi) is 2.64. The highest BCUT2D eigenvalue weighted by molar-refractivity contribution is 5.87. The Balaban J connectivity index is 2.59. The number of rotatable bonds is 2. The first-order valence-electron chi connectivity index (χ1n) is 3.66. The lowest BCUT2D eigenvalue weighted by Gasteiger charge is -2.13. The summed E-state index contributed by atoms with van der Waals surface area (Å²) in [5, 5.41) is 16.7. The van der Waals surface area contributed by atoms with Gasteiger partial charge in [0.2, 0.25) is 6.19 Å². The van der Waals surface area contributed by atoms with Crippen molar-refractivity contribution < 1.29 is 9.90 Å². The molecule has 0 aliphatic carbocycles. The van der Waals surface area contributed by atoms with Crippen molar-refractivity contribution in [1.29, 1.82) is 5.26 Å². The highest BCUT2D eigenvalue weighted by atomic mass is 16.4. The molecule has 1 fully saturated rings. The Labute approximate surface area is 69.9 Å². The van der Waals surface area contributed by atoms with Gasteiger partial charge in [0.25, 0.3) is 0 Å². The van der Waals surface area contributed by atoms with Gasteiger partial charge in [-0.25, -0.2) is 0 Å². The maximum atomic E-state index is 10.3. The molecule has 1 N–H and O–H groups in total. The largest absolute Gasteiger partial charge is 0.480 e. The predicted molar refractivity (Wildman–Crippen MR) is 41.5 cm³/mol. The average Bonchev–Trinajstić information content (AvgIpc) is 2.37. The molecular formula is C7H9N3O2. The van der Waals surface area contributed by atoms with Crippen molar-refractivity contribution in [1.82, 2.24) is 4.90 Å². The van der Waals surface area contributed by atoms with Crippen molar-refractivity contribution in [3.63, 3.8) is 0 Å². The van der Waals surface area contributed by atoms with Gasteiger partial charge in [-0.05, 0) is 6.42 Å². The number of hydrogen-bond donors (Lipinski definition) is 1. The Bertz CT molecular complexity index is 254. The lowest BCUT2D eigenvalue weighted by Crippen LogP contribution is -2.30. The number of nitrogens with zero attached hydrogens (tertiary/aromatic N) is 3. The molecule has 5 nitrogen and oxygen atoms in total. The number of likely N-dealkylation sites (tertiary alicyclic amines) is 1. The Morgan fingerprint density at radius 2 is 2.58 bits per heavy atom. The third kappa shape index (κ3) is 1.95. The van der Waals surface area contributed by atoms with Gasteiger partial charge in [-0.2, -0.15) is 10.3 Å². The summed E-state index contributed by atoms with van der Waals surface area (Å²) in [7, 11) is 0. The fraction of sp³-hybridized carbons (Fsp3) is 0.571. The minimum absolute atomic E-state index is 0.0550. The minimum Gasteiger partial charge on any atom is -0.480 e. The monoisotopic (exact) mass is 167 g/mol. The molecule has 0 radical (unpaired) electrons. The number of nitriles is 1. The van der Waals surface area contributed by atoms with Crippen LogP contribution in [-0.2, 0) is 4.79 Å². The normalized spacial score (nSPS) is 19.6. The molecule has 5 heteroatoms. The molecule has 0 aromatic heterocycles. The van der Waals surface area contributed by atoms with Gasteiger partial charge < -0.3 is 10.0 Å². The molecule has 0 saturated carbocycles. The van der Waals surface area contributed by atoms with Crippen LogP contribution in [0.5, 0.6) is 0 Å². The van der Waals surface area contributed by atoms with E-state index in [4.69, 9.17) is 10.4 Å². The number of aliphatic carboxylic acids is 1. The molecule has 1 aliphatic rings. The topological polar surface area (TPSA) is 76.7 Å². The number of hydrogen-bond acceptors (Lipinski definition) is 3. The predicted octanol–water partition coefficient (Wildman–Crippen LogP) is 0.0464. The molecule has 1 heterocycles. The number of carboxylic acids is 1. The van der Waals surface area contributed by atoms with Crippen molar-refractivity contribution in [2.75, 3.05) is 13.1 Å². The first-order chi connectivity index (χ1) is 5.74. The van der Waals surface area contributed by atoms with Gasteiger partial charge >= 0.3 is 5.97 Å². The van der Waals surface area contributed by atoms with E-state index < -0.39 is 5.97 Å². The molecule has 12 heavy (non-hydrogen) atoms. The summed E-state index contributed by atoms with van der Waals surface area (Å²) >= 11 is 0. The zero-order valence-corrected chi connectivity index (χ0v) is 6.53. The summed E-state index contributed by atoms with van der Waals surface area (Å²) in [6, 6.07) is 0. The third-order valence-corrected chi connectivity index (χ3v) is 1.70. The number of amidine groups is 1. The molecule has 0 spiro atoms. The molecule has 0 aromatic carbocycles. The highest BCUT2D eigenvalue weighted by Crippen LogP contribution is 2.10. The van der Waals surface area contributed by atoms with Crippen LogP contribution >= 0.6 is 0 Å². The van der Waals surface area contributed by atoms with E-state index >= 15 is 0 Å². The molecule has 0 amide bonds. The number of carbonyl (C=O) groups is 1. The maximum Gasteiger partial charge on any atom is 0.323 e. The smallest absolute Gasteiger partial charge is 0.323 e. The van der Waals surface area contributed by atoms with E-state index in [1.807, 2.05) is 0 Å². The van der Waals surface area contributed by atoms with Crippen molar-refractivity contribution in [2.45, 2.75) is 12.8 Å². The molecule has 0 bridgehead atoms. The van der Waals surface area contributed by atoms with Gasteiger partial charge in [-0.15, -0.1) is 0 Å². The van der Waals surface area contributed by atoms with Crippen LogP contribution in [0, 0.1) is 11.5 Å². The molecule has 0 aromatic rings. The summed E-state index contributed by atoms with van der Waals surface area (Å²) in [4.78, 5) is 15.5. The average molecular weight is 167 g/mol. The van der Waals surface area contributed by atoms with Gasteiger partial charge in [-0.1, -0.05) is 0 Å². The first kappa shape index (κ1) is 8.53. The SMILES string of the molecule is N#CN=C1CCCN1CC(=O)O. The second kappa shape index (κ2) is 3.72. The number of aliphatic imine (C=N–C) groups is 1. The van der Waals surface area contributed by atoms with Crippen LogP contribution in [-0.4, -0.2) is 34.9 Å². The van der Waals surface area contributed by atoms with Gasteiger partial charge in [0, 0.05) is 13.0 Å². The first-order valence-corrected chi connectivity index (χ1v) is 3.66. The molecule has 1 rings (SSSR count). The van der Waals surface area contributed by atoms with E-state index in [0.717, 1.165) is 6.42 Å². The van der Waals surface area contributed by atoms with Crippen LogP contribution < -0.4 is 0 Å². The highest BCUT2D eigenvalue weighted by Gasteiger charge is 2.20. The Morgan fingerprint density at radius 1 is 1.83 bits per heavy atom. The summed E-state index contributed by atoms with van der Waals surface area (Å²) in [5.41, 5.74) is 0. The maximum absolute atomic E-state index is 10.3. The Hall–Kier alpha value is -1.57. The third-order valence-electron chi connectivity index (χ3n) is 1.70. The fourth-order valence-corrected chi connectivity index (χ4v) is 1.23. The zero-order valence-electron chi connectivity index (χ0n) is 6.53. The van der Waals surface area contributed by atoms with E-state index in [0.29, 0.717) is 18.8 Å². The minimum atomic E-state index is -0.887. The van der Waals surface area contributed by atoms with Crippen LogP contribution in [0.15, 0.2) is 4.99 Å². The van der Waals surface area contributed by atoms with Gasteiger partial charge in [0.15, 0.2) is 0 Å². The van der Waals surface area contributed by atoms with Crippen LogP contribution in [0.1, 0.15) is 12.8 Å². The van der Waals surface area contributed by atoms with Gasteiger partial charge in [0.05, 0.1) is 0 Å². The molecule has 0 atom stereocenters. The van der Waals surface area contributed by atoms with E-state index in [2.05, 4.69) is 4.99 Å². The van der Waals surface area contributed by atoms with Crippen LogP contribution in [0.2, 0.25) is 0 Å². The van der Waals surface area contributed by atoms with Crippen LogP contribution in [0.3, 0.4) is 0 Å². The van der Waals surface area contributed by atoms with Crippen molar-refractivity contribution in [2.24, 2.45) is 4.99 Å². The number of carboxylic acid groups (broad SMARTS) is 1. The molecule has 1 saturated heterocycles. The molecule has 1 aliphatic heterocycles. The van der Waals surface area contributed by atoms with Gasteiger partial charge in [-0.3, -0.25) is 4.79 Å². The van der Waals surface area contributed by atoms with Crippen molar-refractivity contribution in [3.05, 3.63) is 0 Å². The molecule has 0 unspecified atom stereocenters. The summed E-state index contributed by atoms with van der Waals surface area (Å²) in [5.74, 6) is -0.289. The van der Waals surface area contributed by atoms with Crippen LogP contribution in [0.4, 0.5) is 0 Å². The van der Waals surface area contributed by atoms with Crippen LogP contribution in [0.25, 0.3) is 0 Å². The summed E-state index contributed by atoms with van der Waals surface area (Å²) in [6.07, 6.45) is 3.26. The zero-order chi connectivity index (χ0) is 8.97. The van der Waals surface area contributed by atoms with E-state index in [1.54, 1.807) is 11.1 Å². The second-order valence-corrected chi connectivity index (χ2v) is 2.55. The Morgan fingerprint density at radius 3 is 3.17 bits per heavy atom. The van der Waals surface area contributed by atoms with E-state index in [1.165, 1.54) is 0 Å². The summed E-state index contributed by atoms with van der Waals surface area (Å²) < 4.78 is 0. The van der Waals surface area contributed by atoms with Gasteiger partial charge in [0.1, 0.15) is 12.4 Å². The van der Waals surface area contributed by atoms with Crippen molar-refractivity contribution >= 4 is 11.8 Å². The fourth-order valence-electron chi connectivity index (χ4n) is 1.23. The standard InChI is InChI=1S/C7H9N3O2/c8-5-9-6-2-1-3-10(6)4-7(11)12/h1-4H2,(H,11,12). The quantitative estimate of drug-likeness (QED) is 0.589. The molecule has 64 valence electrons.